The number of hydrogen-bond donors (Lipinski definition) is 2. The lowest BCUT2D eigenvalue weighted by molar-refractivity contribution is 0.102. The van der Waals surface area contributed by atoms with Gasteiger partial charge in [-0.1, -0.05) is 12.1 Å². The minimum Gasteiger partial charge on any atom is -0.496 e. The van der Waals surface area contributed by atoms with Gasteiger partial charge in [0.25, 0.3) is 5.91 Å². The van der Waals surface area contributed by atoms with E-state index in [0.717, 1.165) is 0 Å². The maximum atomic E-state index is 14.8. The molecule has 4 rings (SSSR count). The standard InChI is InChI=1S/C27H22FN3O4/c1-34-22-11-12-23(35-2)25(28)24(22)26(32)17-7-9-19(10-8-17)30-20-5-3-4-6-21(20)31-27(33)18-13-15-29-16-14-18/h3-16,30H,1-2H3,(H,31,33). The summed E-state index contributed by atoms with van der Waals surface area (Å²) in [4.78, 5) is 29.5. The van der Waals surface area contributed by atoms with Crippen molar-refractivity contribution < 1.29 is 23.5 Å². The van der Waals surface area contributed by atoms with Crippen molar-refractivity contribution in [3.8, 4) is 11.5 Å². The smallest absolute Gasteiger partial charge is 0.255 e. The van der Waals surface area contributed by atoms with E-state index in [1.807, 2.05) is 18.2 Å². The van der Waals surface area contributed by atoms with Gasteiger partial charge in [0.2, 0.25) is 0 Å². The summed E-state index contributed by atoms with van der Waals surface area (Å²) >= 11 is 0. The Morgan fingerprint density at radius 3 is 2.06 bits per heavy atom. The number of nitrogens with one attached hydrogen (secondary N) is 2. The van der Waals surface area contributed by atoms with Crippen LogP contribution < -0.4 is 20.1 Å². The molecular weight excluding hydrogens is 449 g/mol. The number of rotatable bonds is 8. The molecule has 0 aliphatic heterocycles. The molecule has 7 nitrogen and oxygen atoms in total. The summed E-state index contributed by atoms with van der Waals surface area (Å²) in [5.74, 6) is -1.50. The third-order valence-corrected chi connectivity index (χ3v) is 5.28. The minimum absolute atomic E-state index is 0.0437. The molecule has 4 aromatic rings. The third-order valence-electron chi connectivity index (χ3n) is 5.28. The maximum absolute atomic E-state index is 14.8. The van der Waals surface area contributed by atoms with E-state index in [2.05, 4.69) is 15.6 Å². The van der Waals surface area contributed by atoms with Gasteiger partial charge >= 0.3 is 0 Å². The third kappa shape index (κ3) is 5.11. The molecule has 3 aromatic carbocycles. The summed E-state index contributed by atoms with van der Waals surface area (Å²) in [6, 6.07) is 19.9. The lowest BCUT2D eigenvalue weighted by Crippen LogP contribution is -2.13. The van der Waals surface area contributed by atoms with Crippen LogP contribution in [0.1, 0.15) is 26.3 Å². The number of halogens is 1. The highest BCUT2D eigenvalue weighted by Crippen LogP contribution is 2.31. The lowest BCUT2D eigenvalue weighted by atomic mass is 10.0. The van der Waals surface area contributed by atoms with Gasteiger partial charge in [0.1, 0.15) is 11.3 Å². The second-order valence-corrected chi connectivity index (χ2v) is 7.43. The molecular formula is C27H22FN3O4. The number of hydrogen-bond acceptors (Lipinski definition) is 6. The van der Waals surface area contributed by atoms with E-state index < -0.39 is 11.6 Å². The Morgan fingerprint density at radius 1 is 0.771 bits per heavy atom. The van der Waals surface area contributed by atoms with Crippen molar-refractivity contribution >= 4 is 28.8 Å². The summed E-state index contributed by atoms with van der Waals surface area (Å²) in [5, 5.41) is 6.11. The van der Waals surface area contributed by atoms with E-state index in [-0.39, 0.29) is 28.5 Å². The Morgan fingerprint density at radius 2 is 1.40 bits per heavy atom. The number of aromatic nitrogens is 1. The van der Waals surface area contributed by atoms with Crippen LogP contribution in [-0.2, 0) is 0 Å². The van der Waals surface area contributed by atoms with Gasteiger partial charge in [-0.15, -0.1) is 0 Å². The van der Waals surface area contributed by atoms with E-state index in [1.165, 1.54) is 26.4 Å². The zero-order valence-electron chi connectivity index (χ0n) is 19.0. The molecule has 0 fully saturated rings. The number of carbonyl (C=O) groups excluding carboxylic acids is 2. The van der Waals surface area contributed by atoms with Crippen LogP contribution >= 0.6 is 0 Å². The Kier molecular flexibility index (Phi) is 7.02. The number of methoxy groups -OCH3 is 2. The fourth-order valence-corrected chi connectivity index (χ4v) is 3.48. The monoisotopic (exact) mass is 471 g/mol. The molecule has 0 saturated carbocycles. The first-order valence-electron chi connectivity index (χ1n) is 10.6. The average molecular weight is 471 g/mol. The fourth-order valence-electron chi connectivity index (χ4n) is 3.48. The number of ketones is 1. The van der Waals surface area contributed by atoms with Gasteiger partial charge in [0, 0.05) is 29.2 Å². The SMILES string of the molecule is COc1ccc(OC)c(C(=O)c2ccc(Nc3ccccc3NC(=O)c3ccncc3)cc2)c1F. The summed E-state index contributed by atoms with van der Waals surface area (Å²) in [6.07, 6.45) is 3.10. The summed E-state index contributed by atoms with van der Waals surface area (Å²) in [5.41, 5.74) is 2.48. The van der Waals surface area contributed by atoms with Crippen molar-refractivity contribution in [1.82, 2.24) is 4.98 Å². The normalized spacial score (nSPS) is 10.4. The molecule has 1 heterocycles. The molecule has 0 saturated heterocycles. The molecule has 8 heteroatoms. The highest BCUT2D eigenvalue weighted by molar-refractivity contribution is 6.11. The van der Waals surface area contributed by atoms with Gasteiger partial charge in [-0.2, -0.15) is 0 Å². The number of nitrogens with zero attached hydrogens (tertiary/aromatic N) is 1. The molecule has 1 amide bonds. The average Bonchev–Trinajstić information content (AvgIpc) is 2.90. The topological polar surface area (TPSA) is 89.5 Å². The van der Waals surface area contributed by atoms with Crippen LogP contribution in [0.2, 0.25) is 0 Å². The first kappa shape index (κ1) is 23.4. The van der Waals surface area contributed by atoms with E-state index in [0.29, 0.717) is 22.6 Å². The first-order valence-corrected chi connectivity index (χ1v) is 10.6. The van der Waals surface area contributed by atoms with Crippen LogP contribution in [0.4, 0.5) is 21.5 Å². The number of amides is 1. The van der Waals surface area contributed by atoms with Crippen LogP contribution in [0.25, 0.3) is 0 Å². The molecule has 1 aromatic heterocycles. The molecule has 176 valence electrons. The van der Waals surface area contributed by atoms with Gasteiger partial charge < -0.3 is 20.1 Å². The van der Waals surface area contributed by atoms with Gasteiger partial charge in [-0.25, -0.2) is 4.39 Å². The summed E-state index contributed by atoms with van der Waals surface area (Å²) in [7, 11) is 2.70. The predicted octanol–water partition coefficient (Wildman–Crippen LogP) is 5.46. The van der Waals surface area contributed by atoms with Crippen LogP contribution in [0.5, 0.6) is 11.5 Å². The van der Waals surface area contributed by atoms with Crippen molar-refractivity contribution in [2.45, 2.75) is 0 Å². The molecule has 0 bridgehead atoms. The van der Waals surface area contributed by atoms with Crippen LogP contribution in [0, 0.1) is 5.82 Å². The number of pyridine rings is 1. The number of para-hydroxylation sites is 2. The summed E-state index contributed by atoms with van der Waals surface area (Å²) in [6.45, 7) is 0. The van der Waals surface area contributed by atoms with E-state index in [4.69, 9.17) is 9.47 Å². The second kappa shape index (κ2) is 10.5. The Balaban J connectivity index is 1.54. The Bertz CT molecular complexity index is 1360. The van der Waals surface area contributed by atoms with Crippen molar-refractivity contribution in [3.63, 3.8) is 0 Å². The Labute approximate surface area is 201 Å². The van der Waals surface area contributed by atoms with E-state index in [9.17, 15) is 14.0 Å². The molecule has 0 spiro atoms. The zero-order chi connectivity index (χ0) is 24.8. The van der Waals surface area contributed by atoms with Gasteiger partial charge in [-0.3, -0.25) is 14.6 Å². The fraction of sp³-hybridized carbons (Fsp3) is 0.0741. The molecule has 2 N–H and O–H groups in total. The van der Waals surface area contributed by atoms with Crippen molar-refractivity contribution in [2.75, 3.05) is 24.9 Å². The predicted molar refractivity (Wildman–Crippen MR) is 131 cm³/mol. The van der Waals surface area contributed by atoms with Crippen LogP contribution in [0.15, 0.2) is 85.2 Å². The minimum atomic E-state index is -0.780. The number of ether oxygens (including phenoxy) is 2. The molecule has 0 aliphatic rings. The Hall–Kier alpha value is -4.72. The van der Waals surface area contributed by atoms with E-state index in [1.54, 1.807) is 54.9 Å². The quantitative estimate of drug-likeness (QED) is 0.332. The molecule has 35 heavy (non-hydrogen) atoms. The molecule has 0 radical (unpaired) electrons. The van der Waals surface area contributed by atoms with E-state index >= 15 is 0 Å². The van der Waals surface area contributed by atoms with Crippen molar-refractivity contribution in [1.29, 1.82) is 0 Å². The van der Waals surface area contributed by atoms with Crippen molar-refractivity contribution in [3.05, 3.63) is 108 Å². The molecule has 0 atom stereocenters. The van der Waals surface area contributed by atoms with Gasteiger partial charge in [-0.05, 0) is 60.7 Å². The van der Waals surface area contributed by atoms with Gasteiger partial charge in [0.15, 0.2) is 17.3 Å². The highest BCUT2D eigenvalue weighted by atomic mass is 19.1. The van der Waals surface area contributed by atoms with Crippen molar-refractivity contribution in [2.24, 2.45) is 0 Å². The maximum Gasteiger partial charge on any atom is 0.255 e. The number of carbonyl (C=O) groups is 2. The zero-order valence-corrected chi connectivity index (χ0v) is 19.0. The largest absolute Gasteiger partial charge is 0.496 e. The van der Waals surface area contributed by atoms with Gasteiger partial charge in [0.05, 0.1) is 25.6 Å². The molecule has 0 unspecified atom stereocenters. The summed E-state index contributed by atoms with van der Waals surface area (Å²) < 4.78 is 25.0. The molecule has 0 aliphatic carbocycles. The highest BCUT2D eigenvalue weighted by Gasteiger charge is 2.23. The number of anilines is 3. The van der Waals surface area contributed by atoms with Crippen LogP contribution in [-0.4, -0.2) is 30.9 Å². The lowest BCUT2D eigenvalue weighted by Gasteiger charge is -2.14. The second-order valence-electron chi connectivity index (χ2n) is 7.43. The number of benzene rings is 3. The first-order chi connectivity index (χ1) is 17.0. The van der Waals surface area contributed by atoms with Crippen LogP contribution in [0.3, 0.4) is 0 Å².